The molecule has 0 unspecified atom stereocenters. The zero-order valence-electron chi connectivity index (χ0n) is 17.8. The van der Waals surface area contributed by atoms with Crippen molar-refractivity contribution < 1.29 is 0 Å². The van der Waals surface area contributed by atoms with Gasteiger partial charge >= 0.3 is 0 Å². The molecule has 158 valence electrons. The van der Waals surface area contributed by atoms with Crippen molar-refractivity contribution >= 4 is 27.8 Å². The summed E-state index contributed by atoms with van der Waals surface area (Å²) in [5, 5.41) is 0. The van der Waals surface area contributed by atoms with E-state index in [1.807, 2.05) is 18.2 Å². The van der Waals surface area contributed by atoms with Gasteiger partial charge in [-0.1, -0.05) is 42.5 Å². The highest BCUT2D eigenvalue weighted by Gasteiger charge is 2.20. The van der Waals surface area contributed by atoms with Crippen molar-refractivity contribution in [2.75, 3.05) is 31.1 Å². The van der Waals surface area contributed by atoms with Gasteiger partial charge < -0.3 is 9.88 Å². The Labute approximate surface area is 186 Å². The molecule has 1 aliphatic heterocycles. The molecule has 5 aromatic rings. The van der Waals surface area contributed by atoms with Gasteiger partial charge in [0.05, 0.1) is 22.2 Å². The number of H-pyrrole nitrogens is 1. The Morgan fingerprint density at radius 1 is 0.781 bits per heavy atom. The standard InChI is InChI=1S/C26H24N6/c1-2-5-20(6-3-1)26-29-22-7-4-8-24(25(22)30-26)32-15-13-31(14-16-32)18-19-9-10-21-23(17-19)28-12-11-27-21/h1-12,17H,13-16,18H2,(H,29,30). The number of benzene rings is 3. The number of hydrogen-bond acceptors (Lipinski definition) is 5. The van der Waals surface area contributed by atoms with Crippen molar-refractivity contribution in [2.24, 2.45) is 0 Å². The first-order valence-electron chi connectivity index (χ1n) is 11.0. The van der Waals surface area contributed by atoms with E-state index >= 15 is 0 Å². The maximum absolute atomic E-state index is 4.95. The van der Waals surface area contributed by atoms with Crippen molar-refractivity contribution in [2.45, 2.75) is 6.54 Å². The Morgan fingerprint density at radius 3 is 2.44 bits per heavy atom. The number of hydrogen-bond donors (Lipinski definition) is 1. The smallest absolute Gasteiger partial charge is 0.138 e. The first-order valence-corrected chi connectivity index (χ1v) is 11.0. The third-order valence-corrected chi connectivity index (χ3v) is 6.19. The first kappa shape index (κ1) is 19.0. The maximum atomic E-state index is 4.95. The highest BCUT2D eigenvalue weighted by Crippen LogP contribution is 2.29. The normalized spacial score (nSPS) is 14.9. The monoisotopic (exact) mass is 420 g/mol. The van der Waals surface area contributed by atoms with Gasteiger partial charge in [-0.2, -0.15) is 0 Å². The van der Waals surface area contributed by atoms with Gasteiger partial charge in [-0.15, -0.1) is 0 Å². The van der Waals surface area contributed by atoms with Crippen molar-refractivity contribution in [1.82, 2.24) is 24.8 Å². The summed E-state index contributed by atoms with van der Waals surface area (Å²) in [6.07, 6.45) is 3.49. The molecule has 6 heteroatoms. The minimum Gasteiger partial charge on any atom is -0.367 e. The molecule has 0 aliphatic carbocycles. The van der Waals surface area contributed by atoms with Crippen LogP contribution in [0.3, 0.4) is 0 Å². The van der Waals surface area contributed by atoms with Crippen LogP contribution in [0.5, 0.6) is 0 Å². The minimum atomic E-state index is 0.922. The number of nitrogens with one attached hydrogen (secondary N) is 1. The quantitative estimate of drug-likeness (QED) is 0.464. The summed E-state index contributed by atoms with van der Waals surface area (Å²) in [5.41, 5.74) is 7.65. The molecule has 1 N–H and O–H groups in total. The number of rotatable bonds is 4. The van der Waals surface area contributed by atoms with Gasteiger partial charge in [-0.3, -0.25) is 14.9 Å². The van der Waals surface area contributed by atoms with E-state index in [0.29, 0.717) is 0 Å². The van der Waals surface area contributed by atoms with Crippen LogP contribution in [-0.4, -0.2) is 51.0 Å². The fraction of sp³-hybridized carbons (Fsp3) is 0.192. The topological polar surface area (TPSA) is 60.9 Å². The van der Waals surface area contributed by atoms with Crippen LogP contribution in [0.25, 0.3) is 33.5 Å². The molecule has 1 aliphatic rings. The average Bonchev–Trinajstić information content (AvgIpc) is 3.30. The Hall–Kier alpha value is -3.77. The molecule has 3 aromatic carbocycles. The van der Waals surface area contributed by atoms with Crippen LogP contribution in [-0.2, 0) is 6.54 Å². The van der Waals surface area contributed by atoms with Crippen molar-refractivity contribution in [1.29, 1.82) is 0 Å². The fourth-order valence-corrected chi connectivity index (χ4v) is 4.52. The van der Waals surface area contributed by atoms with Gasteiger partial charge in [0.25, 0.3) is 0 Å². The summed E-state index contributed by atoms with van der Waals surface area (Å²) in [6, 6.07) is 23.1. The van der Waals surface area contributed by atoms with E-state index in [-0.39, 0.29) is 0 Å². The second-order valence-electron chi connectivity index (χ2n) is 8.27. The predicted octanol–water partition coefficient (Wildman–Crippen LogP) is 4.50. The number of anilines is 1. The molecule has 2 aromatic heterocycles. The zero-order chi connectivity index (χ0) is 21.3. The zero-order valence-corrected chi connectivity index (χ0v) is 17.8. The maximum Gasteiger partial charge on any atom is 0.138 e. The fourth-order valence-electron chi connectivity index (χ4n) is 4.52. The highest BCUT2D eigenvalue weighted by atomic mass is 15.3. The average molecular weight is 421 g/mol. The summed E-state index contributed by atoms with van der Waals surface area (Å²) >= 11 is 0. The first-order chi connectivity index (χ1) is 15.8. The second-order valence-corrected chi connectivity index (χ2v) is 8.27. The third kappa shape index (κ3) is 3.59. The largest absolute Gasteiger partial charge is 0.367 e. The van der Waals surface area contributed by atoms with E-state index in [1.165, 1.54) is 11.3 Å². The van der Waals surface area contributed by atoms with E-state index in [4.69, 9.17) is 4.98 Å². The molecule has 3 heterocycles. The lowest BCUT2D eigenvalue weighted by atomic mass is 10.1. The number of aromatic nitrogens is 4. The lowest BCUT2D eigenvalue weighted by molar-refractivity contribution is 0.250. The number of aromatic amines is 1. The van der Waals surface area contributed by atoms with Gasteiger partial charge in [0.1, 0.15) is 11.3 Å². The molecular weight excluding hydrogens is 396 g/mol. The van der Waals surface area contributed by atoms with Gasteiger partial charge in [-0.05, 0) is 29.8 Å². The summed E-state index contributed by atoms with van der Waals surface area (Å²) in [7, 11) is 0. The Kier molecular flexibility index (Phi) is 4.77. The second kappa shape index (κ2) is 8.05. The van der Waals surface area contributed by atoms with Crippen molar-refractivity contribution in [3.63, 3.8) is 0 Å². The van der Waals surface area contributed by atoms with Gasteiger partial charge in [0.15, 0.2) is 0 Å². The van der Waals surface area contributed by atoms with Crippen molar-refractivity contribution in [3.8, 4) is 11.4 Å². The Balaban J connectivity index is 1.18. The molecule has 0 spiro atoms. The Morgan fingerprint density at radius 2 is 1.59 bits per heavy atom. The molecule has 6 nitrogen and oxygen atoms in total. The van der Waals surface area contributed by atoms with Crippen molar-refractivity contribution in [3.05, 3.63) is 84.7 Å². The molecule has 0 saturated carbocycles. The molecule has 0 bridgehead atoms. The van der Waals surface area contributed by atoms with Crippen LogP contribution >= 0.6 is 0 Å². The van der Waals surface area contributed by atoms with Crippen LogP contribution in [0.2, 0.25) is 0 Å². The third-order valence-electron chi connectivity index (χ3n) is 6.19. The van der Waals surface area contributed by atoms with E-state index in [1.54, 1.807) is 12.4 Å². The summed E-state index contributed by atoms with van der Waals surface area (Å²) in [5.74, 6) is 0.922. The Bertz CT molecular complexity index is 1370. The highest BCUT2D eigenvalue weighted by molar-refractivity contribution is 5.91. The van der Waals surface area contributed by atoms with Gasteiger partial charge in [-0.25, -0.2) is 4.98 Å². The summed E-state index contributed by atoms with van der Waals surface area (Å²) in [4.78, 5) is 22.2. The van der Waals surface area contributed by atoms with Crippen LogP contribution in [0.15, 0.2) is 79.1 Å². The number of fused-ring (bicyclic) bond motifs is 2. The predicted molar refractivity (Wildman–Crippen MR) is 129 cm³/mol. The molecule has 0 atom stereocenters. The lowest BCUT2D eigenvalue weighted by Crippen LogP contribution is -2.46. The number of nitrogens with zero attached hydrogens (tertiary/aromatic N) is 5. The molecular formula is C26H24N6. The number of imidazole rings is 1. The molecule has 0 amide bonds. The van der Waals surface area contributed by atoms with Gasteiger partial charge in [0.2, 0.25) is 0 Å². The molecule has 1 saturated heterocycles. The van der Waals surface area contributed by atoms with E-state index in [2.05, 4.69) is 73.3 Å². The molecule has 1 fully saturated rings. The van der Waals surface area contributed by atoms with Crippen LogP contribution in [0.4, 0.5) is 5.69 Å². The van der Waals surface area contributed by atoms with E-state index < -0.39 is 0 Å². The summed E-state index contributed by atoms with van der Waals surface area (Å²) in [6.45, 7) is 4.95. The SMILES string of the molecule is c1ccc(-c2nc3c(N4CCN(Cc5ccc6nccnc6c5)CC4)cccc3[nH]2)cc1. The van der Waals surface area contributed by atoms with Crippen LogP contribution < -0.4 is 4.90 Å². The van der Waals surface area contributed by atoms with E-state index in [9.17, 15) is 0 Å². The van der Waals surface area contributed by atoms with Gasteiger partial charge in [0, 0.05) is 50.7 Å². The molecule has 32 heavy (non-hydrogen) atoms. The lowest BCUT2D eigenvalue weighted by Gasteiger charge is -2.36. The molecule has 0 radical (unpaired) electrons. The van der Waals surface area contributed by atoms with Crippen LogP contribution in [0.1, 0.15) is 5.56 Å². The minimum absolute atomic E-state index is 0.922. The molecule has 6 rings (SSSR count). The number of para-hydroxylation sites is 1. The number of piperazine rings is 1. The summed E-state index contributed by atoms with van der Waals surface area (Å²) < 4.78 is 0. The van der Waals surface area contributed by atoms with E-state index in [0.717, 1.165) is 66.2 Å². The van der Waals surface area contributed by atoms with Crippen LogP contribution in [0, 0.1) is 0 Å².